The van der Waals surface area contributed by atoms with Crippen molar-refractivity contribution in [2.75, 3.05) is 7.05 Å². The number of furan rings is 1. The Kier molecular flexibility index (Phi) is 2.90. The van der Waals surface area contributed by atoms with Crippen LogP contribution in [0.25, 0.3) is 0 Å². The first-order valence-corrected chi connectivity index (χ1v) is 6.69. The standard InChI is InChI=1S/C14H20N2O2/c1-9-10(5-6-18-9)8-16(2)14(17)12-7-11-3-4-13(12)15-11/h5-6,11-13,15H,3-4,7-8H2,1-2H3. The summed E-state index contributed by atoms with van der Waals surface area (Å²) < 4.78 is 5.27. The average molecular weight is 248 g/mol. The van der Waals surface area contributed by atoms with Crippen molar-refractivity contribution in [1.82, 2.24) is 10.2 Å². The summed E-state index contributed by atoms with van der Waals surface area (Å²) in [5.74, 6) is 1.36. The third-order valence-corrected chi connectivity index (χ3v) is 4.37. The minimum Gasteiger partial charge on any atom is -0.469 e. The summed E-state index contributed by atoms with van der Waals surface area (Å²) in [7, 11) is 1.89. The SMILES string of the molecule is Cc1occc1CN(C)C(=O)C1CC2CCC1N2. The van der Waals surface area contributed by atoms with Crippen molar-refractivity contribution in [1.29, 1.82) is 0 Å². The zero-order valence-corrected chi connectivity index (χ0v) is 11.0. The second-order valence-corrected chi connectivity index (χ2v) is 5.59. The molecule has 0 spiro atoms. The summed E-state index contributed by atoms with van der Waals surface area (Å²) in [6.45, 7) is 2.59. The van der Waals surface area contributed by atoms with Crippen LogP contribution in [0, 0.1) is 12.8 Å². The number of nitrogens with one attached hydrogen (secondary N) is 1. The van der Waals surface area contributed by atoms with Gasteiger partial charge >= 0.3 is 0 Å². The molecule has 0 aliphatic carbocycles. The average Bonchev–Trinajstić information content (AvgIpc) is 3.05. The number of hydrogen-bond acceptors (Lipinski definition) is 3. The predicted octanol–water partition coefficient (Wildman–Crippen LogP) is 1.69. The Hall–Kier alpha value is -1.29. The third-order valence-electron chi connectivity index (χ3n) is 4.37. The van der Waals surface area contributed by atoms with Crippen LogP contribution < -0.4 is 5.32 Å². The zero-order chi connectivity index (χ0) is 12.7. The summed E-state index contributed by atoms with van der Waals surface area (Å²) in [5.41, 5.74) is 1.10. The highest BCUT2D eigenvalue weighted by atomic mass is 16.3. The predicted molar refractivity (Wildman–Crippen MR) is 68.0 cm³/mol. The number of hydrogen-bond donors (Lipinski definition) is 1. The molecule has 1 N–H and O–H groups in total. The van der Waals surface area contributed by atoms with Gasteiger partial charge in [-0.3, -0.25) is 4.79 Å². The molecular weight excluding hydrogens is 228 g/mol. The van der Waals surface area contributed by atoms with Crippen molar-refractivity contribution in [3.05, 3.63) is 23.7 Å². The van der Waals surface area contributed by atoms with E-state index in [0.717, 1.165) is 24.2 Å². The Bertz CT molecular complexity index is 454. The van der Waals surface area contributed by atoms with E-state index in [0.29, 0.717) is 18.6 Å². The molecule has 1 amide bonds. The van der Waals surface area contributed by atoms with Crippen molar-refractivity contribution >= 4 is 5.91 Å². The molecule has 3 rings (SSSR count). The lowest BCUT2D eigenvalue weighted by Gasteiger charge is -2.25. The van der Waals surface area contributed by atoms with Crippen molar-refractivity contribution in [2.24, 2.45) is 5.92 Å². The molecular formula is C14H20N2O2. The summed E-state index contributed by atoms with van der Waals surface area (Å²) in [6, 6.07) is 2.93. The van der Waals surface area contributed by atoms with Gasteiger partial charge in [-0.15, -0.1) is 0 Å². The molecule has 4 heteroatoms. The normalized spacial score (nSPS) is 29.8. The van der Waals surface area contributed by atoms with Crippen molar-refractivity contribution in [2.45, 2.75) is 44.8 Å². The first-order valence-electron chi connectivity index (χ1n) is 6.69. The minimum atomic E-state index is 0.181. The van der Waals surface area contributed by atoms with Gasteiger partial charge in [0.1, 0.15) is 5.76 Å². The number of fused-ring (bicyclic) bond motifs is 2. The lowest BCUT2D eigenvalue weighted by atomic mass is 9.88. The van der Waals surface area contributed by atoms with E-state index in [-0.39, 0.29) is 11.8 Å². The van der Waals surface area contributed by atoms with Gasteiger partial charge in [0.25, 0.3) is 0 Å². The molecule has 0 aromatic carbocycles. The van der Waals surface area contributed by atoms with Gasteiger partial charge in [0, 0.05) is 31.2 Å². The molecule has 0 saturated carbocycles. The fraction of sp³-hybridized carbons (Fsp3) is 0.643. The van der Waals surface area contributed by atoms with E-state index < -0.39 is 0 Å². The van der Waals surface area contributed by atoms with Gasteiger partial charge in [-0.05, 0) is 32.3 Å². The Labute approximate surface area is 107 Å². The van der Waals surface area contributed by atoms with E-state index in [2.05, 4.69) is 5.32 Å². The Morgan fingerprint density at radius 2 is 2.39 bits per heavy atom. The Morgan fingerprint density at radius 1 is 1.56 bits per heavy atom. The van der Waals surface area contributed by atoms with Gasteiger partial charge in [-0.25, -0.2) is 0 Å². The van der Waals surface area contributed by atoms with E-state index in [9.17, 15) is 4.79 Å². The van der Waals surface area contributed by atoms with Crippen molar-refractivity contribution in [3.63, 3.8) is 0 Å². The molecule has 2 saturated heterocycles. The maximum absolute atomic E-state index is 12.4. The van der Waals surface area contributed by atoms with Gasteiger partial charge in [0.05, 0.1) is 12.2 Å². The van der Waals surface area contributed by atoms with E-state index in [1.807, 2.05) is 24.9 Å². The first-order chi connectivity index (χ1) is 8.65. The van der Waals surface area contributed by atoms with Gasteiger partial charge in [0.15, 0.2) is 0 Å². The summed E-state index contributed by atoms with van der Waals surface area (Å²) >= 11 is 0. The number of carbonyl (C=O) groups is 1. The monoisotopic (exact) mass is 248 g/mol. The van der Waals surface area contributed by atoms with Gasteiger partial charge in [-0.2, -0.15) is 0 Å². The third kappa shape index (κ3) is 1.94. The molecule has 3 unspecified atom stereocenters. The van der Waals surface area contributed by atoms with Crippen LogP contribution in [0.1, 0.15) is 30.6 Å². The highest BCUT2D eigenvalue weighted by molar-refractivity contribution is 5.80. The smallest absolute Gasteiger partial charge is 0.227 e. The van der Waals surface area contributed by atoms with Crippen LogP contribution in [0.4, 0.5) is 0 Å². The second kappa shape index (κ2) is 4.43. The van der Waals surface area contributed by atoms with Gasteiger partial charge in [0.2, 0.25) is 5.91 Å². The van der Waals surface area contributed by atoms with Crippen LogP contribution in [0.3, 0.4) is 0 Å². The first kappa shape index (κ1) is 11.8. The van der Waals surface area contributed by atoms with E-state index in [1.165, 1.54) is 6.42 Å². The topological polar surface area (TPSA) is 45.5 Å². The highest BCUT2D eigenvalue weighted by Gasteiger charge is 2.43. The van der Waals surface area contributed by atoms with Crippen molar-refractivity contribution in [3.8, 4) is 0 Å². The lowest BCUT2D eigenvalue weighted by Crippen LogP contribution is -2.38. The molecule has 2 aliphatic heterocycles. The summed E-state index contributed by atoms with van der Waals surface area (Å²) in [4.78, 5) is 14.3. The van der Waals surface area contributed by atoms with Crippen LogP contribution >= 0.6 is 0 Å². The van der Waals surface area contributed by atoms with Crippen LogP contribution in [-0.4, -0.2) is 29.9 Å². The van der Waals surface area contributed by atoms with Gasteiger partial charge in [-0.1, -0.05) is 0 Å². The molecule has 2 fully saturated rings. The minimum absolute atomic E-state index is 0.181. The quantitative estimate of drug-likeness (QED) is 0.885. The van der Waals surface area contributed by atoms with E-state index >= 15 is 0 Å². The number of carbonyl (C=O) groups excluding carboxylic acids is 1. The lowest BCUT2D eigenvalue weighted by molar-refractivity contribution is -0.135. The van der Waals surface area contributed by atoms with Crippen LogP contribution in [0.15, 0.2) is 16.7 Å². The zero-order valence-electron chi connectivity index (χ0n) is 11.0. The molecule has 98 valence electrons. The molecule has 18 heavy (non-hydrogen) atoms. The molecule has 4 nitrogen and oxygen atoms in total. The van der Waals surface area contributed by atoms with E-state index in [4.69, 9.17) is 4.42 Å². The number of amides is 1. The van der Waals surface area contributed by atoms with Crippen LogP contribution in [-0.2, 0) is 11.3 Å². The molecule has 1 aromatic heterocycles. The molecule has 2 aliphatic rings. The molecule has 3 atom stereocenters. The highest BCUT2D eigenvalue weighted by Crippen LogP contribution is 2.34. The Balaban J connectivity index is 1.64. The van der Waals surface area contributed by atoms with Crippen LogP contribution in [0.5, 0.6) is 0 Å². The van der Waals surface area contributed by atoms with Crippen molar-refractivity contribution < 1.29 is 9.21 Å². The molecule has 0 radical (unpaired) electrons. The van der Waals surface area contributed by atoms with E-state index in [1.54, 1.807) is 6.26 Å². The van der Waals surface area contributed by atoms with Crippen LogP contribution in [0.2, 0.25) is 0 Å². The largest absolute Gasteiger partial charge is 0.469 e. The molecule has 2 bridgehead atoms. The summed E-state index contributed by atoms with van der Waals surface area (Å²) in [6.07, 6.45) is 5.08. The second-order valence-electron chi connectivity index (χ2n) is 5.59. The fourth-order valence-electron chi connectivity index (χ4n) is 3.29. The Morgan fingerprint density at radius 3 is 2.94 bits per heavy atom. The number of nitrogens with zero attached hydrogens (tertiary/aromatic N) is 1. The fourth-order valence-corrected chi connectivity index (χ4v) is 3.29. The molecule has 3 heterocycles. The maximum Gasteiger partial charge on any atom is 0.227 e. The molecule has 1 aromatic rings. The number of aryl methyl sites for hydroxylation is 1. The van der Waals surface area contributed by atoms with Gasteiger partial charge < -0.3 is 14.6 Å². The number of rotatable bonds is 3. The maximum atomic E-state index is 12.4. The summed E-state index contributed by atoms with van der Waals surface area (Å²) in [5, 5.41) is 3.52.